The van der Waals surface area contributed by atoms with E-state index in [1.54, 1.807) is 0 Å². The molecule has 0 aliphatic carbocycles. The first kappa shape index (κ1) is 19.5. The summed E-state index contributed by atoms with van der Waals surface area (Å²) in [5, 5.41) is 9.70. The highest BCUT2D eigenvalue weighted by molar-refractivity contribution is 5.80. The van der Waals surface area contributed by atoms with E-state index in [0.717, 1.165) is 20.8 Å². The maximum absolute atomic E-state index is 11.1. The number of carbonyl (C=O) groups excluding carboxylic acids is 5. The van der Waals surface area contributed by atoms with Crippen molar-refractivity contribution in [2.24, 2.45) is 5.73 Å². The van der Waals surface area contributed by atoms with Crippen molar-refractivity contribution in [3.63, 3.8) is 0 Å². The first-order chi connectivity index (χ1) is 10.1. The van der Waals surface area contributed by atoms with Gasteiger partial charge in [0, 0.05) is 20.8 Å². The van der Waals surface area contributed by atoms with Crippen molar-refractivity contribution in [3.8, 4) is 0 Å². The molecule has 0 aromatic carbocycles. The first-order valence-corrected chi connectivity index (χ1v) is 6.04. The Morgan fingerprint density at radius 1 is 0.909 bits per heavy atom. The molecule has 0 bridgehead atoms. The van der Waals surface area contributed by atoms with E-state index in [0.29, 0.717) is 0 Å². The lowest BCUT2D eigenvalue weighted by Crippen LogP contribution is -2.54. The van der Waals surface area contributed by atoms with Crippen LogP contribution in [-0.4, -0.2) is 59.6 Å². The quantitative estimate of drug-likeness (QED) is 0.288. The monoisotopic (exact) mass is 319 g/mol. The van der Waals surface area contributed by atoms with Crippen LogP contribution < -0.4 is 5.73 Å². The van der Waals surface area contributed by atoms with Gasteiger partial charge in [-0.1, -0.05) is 0 Å². The van der Waals surface area contributed by atoms with Gasteiger partial charge in [-0.3, -0.25) is 24.0 Å². The van der Waals surface area contributed by atoms with Crippen LogP contribution in [0.1, 0.15) is 20.8 Å². The Morgan fingerprint density at radius 2 is 1.32 bits per heavy atom. The Bertz CT molecular complexity index is 462. The second-order valence-corrected chi connectivity index (χ2v) is 4.21. The van der Waals surface area contributed by atoms with Gasteiger partial charge in [0.1, 0.15) is 0 Å². The van der Waals surface area contributed by atoms with E-state index in [9.17, 15) is 29.1 Å². The molecule has 1 amide bonds. The summed E-state index contributed by atoms with van der Waals surface area (Å²) in [7, 11) is 0. The van der Waals surface area contributed by atoms with Crippen LogP contribution >= 0.6 is 0 Å². The van der Waals surface area contributed by atoms with Crippen LogP contribution in [0.25, 0.3) is 0 Å². The number of aliphatic hydroxyl groups excluding tert-OH is 1. The summed E-state index contributed by atoms with van der Waals surface area (Å²) in [5.74, 6) is -4.08. The standard InChI is InChI=1S/C12H17NO9/c1-5(15)20-8(4-14)10(21-6(2)16)11(22-7(3)17)9(18)12(13)19/h4,8-11,18H,1-3H3,(H2,13,19)/t8-,9-,10+,11-/m0/s1. The molecular weight excluding hydrogens is 302 g/mol. The van der Waals surface area contributed by atoms with Crippen molar-refractivity contribution in [1.29, 1.82) is 0 Å². The van der Waals surface area contributed by atoms with Crippen LogP contribution in [0.3, 0.4) is 0 Å². The second kappa shape index (κ2) is 8.72. The number of primary amides is 1. The molecule has 0 aliphatic rings. The highest BCUT2D eigenvalue weighted by atomic mass is 16.6. The fourth-order valence-electron chi connectivity index (χ4n) is 1.54. The lowest BCUT2D eigenvalue weighted by Gasteiger charge is -2.31. The Balaban J connectivity index is 5.65. The van der Waals surface area contributed by atoms with Gasteiger partial charge in [0.25, 0.3) is 0 Å². The van der Waals surface area contributed by atoms with E-state index in [4.69, 9.17) is 10.5 Å². The Kier molecular flexibility index (Phi) is 7.73. The lowest BCUT2D eigenvalue weighted by atomic mass is 10.0. The third kappa shape index (κ3) is 6.31. The second-order valence-electron chi connectivity index (χ2n) is 4.21. The number of amides is 1. The van der Waals surface area contributed by atoms with Gasteiger partial charge in [-0.2, -0.15) is 0 Å². The molecule has 0 saturated carbocycles. The Labute approximate surface area is 125 Å². The number of hydrogen-bond donors (Lipinski definition) is 2. The zero-order valence-corrected chi connectivity index (χ0v) is 12.2. The molecule has 0 rings (SSSR count). The van der Waals surface area contributed by atoms with Gasteiger partial charge >= 0.3 is 17.9 Å². The van der Waals surface area contributed by atoms with Crippen LogP contribution in [0.4, 0.5) is 0 Å². The summed E-state index contributed by atoms with van der Waals surface area (Å²) in [6.07, 6.45) is -7.27. The molecule has 0 aliphatic heterocycles. The topological polar surface area (TPSA) is 159 Å². The van der Waals surface area contributed by atoms with Crippen LogP contribution in [0.5, 0.6) is 0 Å². The van der Waals surface area contributed by atoms with Crippen LogP contribution in [0.15, 0.2) is 0 Å². The average molecular weight is 319 g/mol. The van der Waals surface area contributed by atoms with Crippen LogP contribution in [0, 0.1) is 0 Å². The zero-order chi connectivity index (χ0) is 17.4. The summed E-state index contributed by atoms with van der Waals surface area (Å²) >= 11 is 0. The van der Waals surface area contributed by atoms with Gasteiger partial charge in [0.05, 0.1) is 0 Å². The Hall–Kier alpha value is -2.49. The molecule has 10 nitrogen and oxygen atoms in total. The van der Waals surface area contributed by atoms with Gasteiger partial charge in [0.15, 0.2) is 30.7 Å². The predicted octanol–water partition coefficient (Wildman–Crippen LogP) is -2.17. The molecule has 124 valence electrons. The highest BCUT2D eigenvalue weighted by Crippen LogP contribution is 2.16. The molecule has 3 N–H and O–H groups in total. The Morgan fingerprint density at radius 3 is 1.64 bits per heavy atom. The molecule has 0 saturated heterocycles. The number of aliphatic hydroxyl groups is 1. The average Bonchev–Trinajstić information content (AvgIpc) is 2.38. The third-order valence-electron chi connectivity index (χ3n) is 2.29. The molecule has 22 heavy (non-hydrogen) atoms. The molecule has 0 heterocycles. The van der Waals surface area contributed by atoms with E-state index in [1.807, 2.05) is 0 Å². The van der Waals surface area contributed by atoms with E-state index < -0.39 is 48.2 Å². The fourth-order valence-corrected chi connectivity index (χ4v) is 1.54. The number of hydrogen-bond acceptors (Lipinski definition) is 9. The summed E-state index contributed by atoms with van der Waals surface area (Å²) in [6, 6.07) is 0. The van der Waals surface area contributed by atoms with E-state index in [1.165, 1.54) is 0 Å². The number of ether oxygens (including phenoxy) is 3. The van der Waals surface area contributed by atoms with Gasteiger partial charge in [0.2, 0.25) is 5.91 Å². The summed E-state index contributed by atoms with van der Waals surface area (Å²) in [6.45, 7) is 2.89. The summed E-state index contributed by atoms with van der Waals surface area (Å²) in [4.78, 5) is 55.3. The molecule has 0 unspecified atom stereocenters. The number of aldehydes is 1. The lowest BCUT2D eigenvalue weighted by molar-refractivity contribution is -0.192. The van der Waals surface area contributed by atoms with Crippen molar-refractivity contribution in [2.75, 3.05) is 0 Å². The van der Waals surface area contributed by atoms with Crippen molar-refractivity contribution in [2.45, 2.75) is 45.2 Å². The maximum atomic E-state index is 11.1. The zero-order valence-electron chi connectivity index (χ0n) is 12.2. The van der Waals surface area contributed by atoms with Crippen molar-refractivity contribution >= 4 is 30.1 Å². The van der Waals surface area contributed by atoms with E-state index in [-0.39, 0.29) is 6.29 Å². The van der Waals surface area contributed by atoms with E-state index in [2.05, 4.69) is 9.47 Å². The minimum atomic E-state index is -2.09. The normalized spacial score (nSPS) is 15.6. The molecule has 0 aromatic heterocycles. The summed E-state index contributed by atoms with van der Waals surface area (Å²) < 4.78 is 14.0. The largest absolute Gasteiger partial charge is 0.455 e. The summed E-state index contributed by atoms with van der Waals surface area (Å²) in [5.41, 5.74) is 4.91. The molecular formula is C12H17NO9. The van der Waals surface area contributed by atoms with Gasteiger partial charge in [-0.25, -0.2) is 0 Å². The van der Waals surface area contributed by atoms with E-state index >= 15 is 0 Å². The predicted molar refractivity (Wildman–Crippen MR) is 67.9 cm³/mol. The highest BCUT2D eigenvalue weighted by Gasteiger charge is 2.43. The first-order valence-electron chi connectivity index (χ1n) is 6.04. The van der Waals surface area contributed by atoms with Crippen LogP contribution in [0.2, 0.25) is 0 Å². The molecule has 0 radical (unpaired) electrons. The van der Waals surface area contributed by atoms with Crippen molar-refractivity contribution in [1.82, 2.24) is 0 Å². The smallest absolute Gasteiger partial charge is 0.303 e. The number of rotatable bonds is 8. The minimum Gasteiger partial charge on any atom is -0.455 e. The third-order valence-corrected chi connectivity index (χ3v) is 2.29. The fraction of sp³-hybridized carbons (Fsp3) is 0.583. The van der Waals surface area contributed by atoms with Gasteiger partial charge in [-0.15, -0.1) is 0 Å². The molecule has 0 spiro atoms. The molecule has 4 atom stereocenters. The number of esters is 3. The van der Waals surface area contributed by atoms with Gasteiger partial charge < -0.3 is 25.1 Å². The van der Waals surface area contributed by atoms with Crippen LogP contribution in [-0.2, 0) is 38.2 Å². The van der Waals surface area contributed by atoms with Gasteiger partial charge in [-0.05, 0) is 0 Å². The maximum Gasteiger partial charge on any atom is 0.303 e. The molecule has 0 fully saturated rings. The molecule has 0 aromatic rings. The number of carbonyl (C=O) groups is 5. The van der Waals surface area contributed by atoms with Crippen molar-refractivity contribution < 1.29 is 43.3 Å². The minimum absolute atomic E-state index is 0.0964. The van der Waals surface area contributed by atoms with Crippen molar-refractivity contribution in [3.05, 3.63) is 0 Å². The molecule has 10 heteroatoms. The SMILES string of the molecule is CC(=O)O[C@H]([C@H](OC(C)=O)[C@H](C=O)OC(C)=O)[C@H](O)C(N)=O. The number of nitrogens with two attached hydrogens (primary N) is 1.